The van der Waals surface area contributed by atoms with E-state index in [9.17, 15) is 0 Å². The minimum Gasteiger partial charge on any atom is -0.494 e. The lowest BCUT2D eigenvalue weighted by Gasteiger charge is -2.31. The van der Waals surface area contributed by atoms with E-state index in [4.69, 9.17) is 48.3 Å². The molecule has 8 aromatic rings. The molecule has 0 N–H and O–H groups in total. The highest BCUT2D eigenvalue weighted by molar-refractivity contribution is 8.46. The molecule has 8 aliphatic rings. The summed E-state index contributed by atoms with van der Waals surface area (Å²) >= 11 is 31.5. The van der Waals surface area contributed by atoms with Crippen LogP contribution in [-0.2, 0) is 8.85 Å². The Morgan fingerprint density at radius 3 is 0.975 bits per heavy atom. The Balaban J connectivity index is 0.683. The van der Waals surface area contributed by atoms with Crippen molar-refractivity contribution in [3.63, 3.8) is 0 Å². The van der Waals surface area contributed by atoms with Gasteiger partial charge in [0.05, 0.1) is 75.2 Å². The van der Waals surface area contributed by atoms with Crippen molar-refractivity contribution < 1.29 is 27.9 Å². The van der Waals surface area contributed by atoms with Gasteiger partial charge in [0.15, 0.2) is 23.3 Å². The number of thioether (sulfide) groups is 16. The van der Waals surface area contributed by atoms with E-state index < -0.39 is 20.8 Å². The largest absolute Gasteiger partial charge is 0.742 e. The fraction of sp³-hybridized carbons (Fsp3) is 0.341. The van der Waals surface area contributed by atoms with Crippen molar-refractivity contribution in [2.24, 2.45) is 30.0 Å². The van der Waals surface area contributed by atoms with Crippen LogP contribution in [0, 0.1) is 0 Å². The van der Waals surface area contributed by atoms with Gasteiger partial charge in [-0.25, -0.2) is 39.5 Å². The van der Waals surface area contributed by atoms with Crippen LogP contribution < -0.4 is 20.4 Å². The van der Waals surface area contributed by atoms with Gasteiger partial charge in [-0.2, -0.15) is 0 Å². The van der Waals surface area contributed by atoms with Crippen LogP contribution in [0.25, 0.3) is 21.5 Å². The maximum atomic E-state index is 16.4. The molecule has 0 saturated carbocycles. The standard InChI is InChI=1S/C88H90N8O6S16Si/c1-7-11-25-47-107-81-82(108-48-26-12-8-2)116-87(115-81)85-111-77(103-5)79(113-85)105-51-29-23-45-99-57-35-31-33-55(53-57)75(97)101-119(102-76(98)56-34-32-36-58(54-56)100-46-24-30-52-106-80-78(104-6)112-86(114-80)88-117-83(109-49-27-13-9-3)84(118-88)110-50-28-14-10-4)95-71-63-41-19-20-42-64(63)73(95)93-69-61-39-17-18-40-62(61)70(90-69)94-74-66-44-22-21-43-65(66)72(96(74)119)92-68-60-38-16-15-37-59(60)67(89-68)91-71/h15-22,31-44,53-54H,7-14,23-30,45-52H2,1-6H3. The van der Waals surface area contributed by atoms with Gasteiger partial charge in [-0.1, -0.05) is 282 Å². The number of carbonyl (C=O) groups is 2. The third-order valence-electron chi connectivity index (χ3n) is 19.8. The van der Waals surface area contributed by atoms with Crippen molar-refractivity contribution in [1.82, 2.24) is 8.47 Å². The Labute approximate surface area is 766 Å². The number of hydrogen-bond donors (Lipinski definition) is 0. The predicted octanol–water partition coefficient (Wildman–Crippen LogP) is 28.0. The van der Waals surface area contributed by atoms with Crippen LogP contribution in [0.15, 0.2) is 226 Å². The topological polar surface area (TPSA) is 155 Å². The van der Waals surface area contributed by atoms with Gasteiger partial charge in [-0.3, -0.25) is 8.47 Å². The van der Waals surface area contributed by atoms with E-state index in [0.717, 1.165) is 59.4 Å². The first-order chi connectivity index (χ1) is 58.5. The molecule has 0 amide bonds. The average Bonchev–Trinajstić information content (AvgIpc) is 1.52. The molecule has 10 heterocycles. The molecule has 119 heavy (non-hydrogen) atoms. The zero-order valence-electron chi connectivity index (χ0n) is 66.9. The van der Waals surface area contributed by atoms with Gasteiger partial charge in [-0.15, -0.1) is 94.1 Å². The Morgan fingerprint density at radius 2 is 0.639 bits per heavy atom. The second-order valence-corrected chi connectivity index (χ2v) is 50.1. The fourth-order valence-corrected chi connectivity index (χ4v) is 40.4. The van der Waals surface area contributed by atoms with E-state index in [1.54, 1.807) is 44.9 Å². The number of nitrogens with zero attached hydrogens (tertiary/aromatic N) is 8. The number of carbonyl (C=O) groups excluding carboxylic acids is 2. The number of hydrogen-bond acceptors (Lipinski definition) is 28. The van der Waals surface area contributed by atoms with Crippen molar-refractivity contribution in [2.75, 3.05) is 60.2 Å². The number of benzene rings is 6. The number of fused-ring (bicyclic) bond motifs is 14. The number of ether oxygens (including phenoxy) is 2. The van der Waals surface area contributed by atoms with Gasteiger partial charge in [-0.05, 0) is 135 Å². The van der Waals surface area contributed by atoms with Gasteiger partial charge in [0.1, 0.15) is 34.1 Å². The molecule has 0 saturated heterocycles. The van der Waals surface area contributed by atoms with Gasteiger partial charge in [0.25, 0.3) is 0 Å². The first-order valence-electron chi connectivity index (χ1n) is 40.5. The molecule has 0 spiro atoms. The summed E-state index contributed by atoms with van der Waals surface area (Å²) in [5.74, 6) is 7.86. The molecule has 14 nitrogen and oxygen atoms in total. The highest BCUT2D eigenvalue weighted by Gasteiger charge is 2.60. The van der Waals surface area contributed by atoms with E-state index in [1.807, 2.05) is 250 Å². The van der Waals surface area contributed by atoms with E-state index in [0.29, 0.717) is 69.6 Å². The Hall–Kier alpha value is -4.52. The third kappa shape index (κ3) is 20.3. The quantitative estimate of drug-likeness (QED) is 0.0264. The van der Waals surface area contributed by atoms with Crippen molar-refractivity contribution in [2.45, 2.75) is 130 Å². The van der Waals surface area contributed by atoms with E-state index in [2.05, 4.69) is 87.3 Å². The SMILES string of the molecule is CCCCCSC1=C(SCCCCC)SC(=C2SC(SC)=C(SCCCCOc3cccc(C(=O)O[Si]4(OC(=O)c5cccc(OCCCCSC6=C(SC)SC(=C7SC(SCCCCC)=C(SCCCCC)S7)S6)c5)n5c6c7ccccc7c5N=C5N=C(N=c7c8ccccc8c(n74)=NC4=NC(=N6)c6ccccc64)c4ccccc45)c3)S2)S1. The summed E-state index contributed by atoms with van der Waals surface area (Å²) in [6.45, 7) is 9.95. The lowest BCUT2D eigenvalue weighted by molar-refractivity contribution is 0.0532. The number of rotatable bonds is 40. The van der Waals surface area contributed by atoms with Gasteiger partial charge >= 0.3 is 20.8 Å². The predicted molar refractivity (Wildman–Crippen MR) is 537 cm³/mol. The van der Waals surface area contributed by atoms with E-state index in [-0.39, 0.29) is 33.7 Å². The van der Waals surface area contributed by atoms with Gasteiger partial charge < -0.3 is 18.3 Å². The zero-order valence-corrected chi connectivity index (χ0v) is 81.0. The first kappa shape index (κ1) is 87.9. The second-order valence-electron chi connectivity index (χ2n) is 28.2. The van der Waals surface area contributed by atoms with Gasteiger partial charge in [0.2, 0.25) is 0 Å². The molecule has 6 aromatic carbocycles. The number of amidine groups is 4. The molecule has 0 atom stereocenters. The molecule has 0 fully saturated rings. The van der Waals surface area contributed by atoms with Crippen LogP contribution in [0.2, 0.25) is 0 Å². The minimum atomic E-state index is -5.42. The molecule has 2 aromatic heterocycles. The molecule has 0 radical (unpaired) electrons. The van der Waals surface area contributed by atoms with Crippen LogP contribution in [0.5, 0.6) is 11.5 Å². The molecule has 31 heteroatoms. The molecule has 0 aliphatic carbocycles. The maximum Gasteiger partial charge on any atom is 0.742 e. The summed E-state index contributed by atoms with van der Waals surface area (Å²) in [4.78, 5) is 65.5. The molecule has 0 unspecified atom stereocenters. The summed E-state index contributed by atoms with van der Waals surface area (Å²) in [6, 6.07) is 45.3. The van der Waals surface area contributed by atoms with Crippen LogP contribution >= 0.6 is 188 Å². The molecule has 6 bridgehead atoms. The van der Waals surface area contributed by atoms with Crippen LogP contribution in [-0.4, -0.2) is 113 Å². The number of unbranched alkanes of at least 4 members (excludes halogenated alkanes) is 10. The van der Waals surface area contributed by atoms with Crippen LogP contribution in [0.3, 0.4) is 0 Å². The molecular formula is C88H90N8O6S16Si. The Kier molecular flexibility index (Phi) is 31.5. The summed E-state index contributed by atoms with van der Waals surface area (Å²) in [6.07, 6.45) is 22.9. The zero-order chi connectivity index (χ0) is 81.6. The monoisotopic (exact) mass is 1890 g/mol. The Bertz CT molecular complexity index is 5310. The van der Waals surface area contributed by atoms with Crippen molar-refractivity contribution >= 4 is 266 Å². The lowest BCUT2D eigenvalue weighted by atomic mass is 10.1. The molecule has 16 rings (SSSR count). The minimum absolute atomic E-state index is 0.153. The summed E-state index contributed by atoms with van der Waals surface area (Å²) in [5.41, 5.74) is 3.78. The first-order valence-corrected chi connectivity index (χ1v) is 57.1. The lowest BCUT2D eigenvalue weighted by Crippen LogP contribution is -2.65. The highest BCUT2D eigenvalue weighted by Crippen LogP contribution is 2.68. The number of aromatic nitrogens is 2. The van der Waals surface area contributed by atoms with Gasteiger partial charge in [0, 0.05) is 43.8 Å². The Morgan fingerprint density at radius 1 is 0.336 bits per heavy atom. The number of aliphatic imine (C=N–C) groups is 4. The fourth-order valence-electron chi connectivity index (χ4n) is 13.8. The molecule has 8 aliphatic heterocycles. The van der Waals surface area contributed by atoms with Crippen LogP contribution in [0.1, 0.15) is 173 Å². The van der Waals surface area contributed by atoms with Crippen molar-refractivity contribution in [3.8, 4) is 11.5 Å². The summed E-state index contributed by atoms with van der Waals surface area (Å²) < 4.78 is 48.8. The normalized spacial score (nSPS) is 16.4. The van der Waals surface area contributed by atoms with Crippen molar-refractivity contribution in [3.05, 3.63) is 241 Å². The van der Waals surface area contributed by atoms with Crippen molar-refractivity contribution in [1.29, 1.82) is 0 Å². The third-order valence-corrected chi connectivity index (χ3v) is 46.0. The van der Waals surface area contributed by atoms with Crippen LogP contribution in [0.4, 0.5) is 11.6 Å². The summed E-state index contributed by atoms with van der Waals surface area (Å²) in [5, 5.41) is 2.48. The highest BCUT2D eigenvalue weighted by atomic mass is 32.3. The maximum absolute atomic E-state index is 16.4. The smallest absolute Gasteiger partial charge is 0.494 e. The van der Waals surface area contributed by atoms with E-state index in [1.165, 1.54) is 151 Å². The average molecular weight is 1900 g/mol. The molecule has 618 valence electrons. The second kappa shape index (κ2) is 42.6. The molecular weight excluding hydrogens is 1810 g/mol. The summed E-state index contributed by atoms with van der Waals surface area (Å²) in [7, 11) is -5.42. The van der Waals surface area contributed by atoms with E-state index >= 15 is 9.59 Å².